The van der Waals surface area contributed by atoms with Crippen molar-refractivity contribution in [3.05, 3.63) is 35.1 Å². The van der Waals surface area contributed by atoms with Crippen LogP contribution in [0.5, 0.6) is 0 Å². The van der Waals surface area contributed by atoms with Crippen LogP contribution >= 0.6 is 0 Å². The van der Waals surface area contributed by atoms with Crippen molar-refractivity contribution in [3.8, 4) is 0 Å². The van der Waals surface area contributed by atoms with Gasteiger partial charge in [-0.05, 0) is 56.0 Å². The highest BCUT2D eigenvalue weighted by Crippen LogP contribution is 2.27. The second-order valence-electron chi connectivity index (χ2n) is 6.04. The van der Waals surface area contributed by atoms with Crippen LogP contribution in [-0.2, 0) is 4.79 Å². The van der Waals surface area contributed by atoms with Gasteiger partial charge in [-0.3, -0.25) is 9.59 Å². The molecule has 0 unspecified atom stereocenters. The molecular weight excluding hydrogens is 282 g/mol. The fraction of sp³-hybridized carbons (Fsp3) is 0.412. The number of benzene rings is 1. The largest absolute Gasteiger partial charge is 0.481 e. The van der Waals surface area contributed by atoms with E-state index in [1.54, 1.807) is 6.07 Å². The monoisotopic (exact) mass is 301 g/mol. The molecule has 0 bridgehead atoms. The number of fused-ring (bicyclic) bond motifs is 1. The molecule has 1 aliphatic rings. The molecule has 2 N–H and O–H groups in total. The average Bonchev–Trinajstić information content (AvgIpc) is 3.06. The summed E-state index contributed by atoms with van der Waals surface area (Å²) >= 11 is 0. The first kappa shape index (κ1) is 14.6. The van der Waals surface area contributed by atoms with E-state index in [2.05, 4.69) is 5.32 Å². The number of hydrogen-bond acceptors (Lipinski definition) is 3. The summed E-state index contributed by atoms with van der Waals surface area (Å²) in [6.07, 6.45) is 2.13. The van der Waals surface area contributed by atoms with Gasteiger partial charge in [-0.15, -0.1) is 0 Å². The summed E-state index contributed by atoms with van der Waals surface area (Å²) in [6.45, 7) is 4.00. The molecule has 1 aromatic carbocycles. The van der Waals surface area contributed by atoms with Crippen molar-refractivity contribution >= 4 is 22.8 Å². The SMILES string of the molecule is Cc1cc2cc(C(=O)N[C@@H]3CCC[C@@H]3C(=O)O)oc2cc1C. The van der Waals surface area contributed by atoms with E-state index in [4.69, 9.17) is 9.52 Å². The minimum atomic E-state index is -0.848. The van der Waals surface area contributed by atoms with Crippen LogP contribution in [0.25, 0.3) is 11.0 Å². The first-order valence-electron chi connectivity index (χ1n) is 7.50. The Bertz CT molecular complexity index is 707. The highest BCUT2D eigenvalue weighted by Gasteiger charge is 2.34. The van der Waals surface area contributed by atoms with Gasteiger partial charge in [-0.1, -0.05) is 6.42 Å². The van der Waals surface area contributed by atoms with Crippen molar-refractivity contribution in [1.29, 1.82) is 0 Å². The van der Waals surface area contributed by atoms with Gasteiger partial charge in [0.15, 0.2) is 5.76 Å². The molecular formula is C17H19NO4. The van der Waals surface area contributed by atoms with E-state index in [0.717, 1.165) is 22.9 Å². The number of furan rings is 1. The standard InChI is InChI=1S/C17H19NO4/c1-9-6-11-8-15(22-14(11)7-10(9)2)16(19)18-13-5-3-4-12(13)17(20)21/h6-8,12-13H,3-5H2,1-2H3,(H,18,19)(H,20,21)/t12-,13+/m0/s1. The lowest BCUT2D eigenvalue weighted by molar-refractivity contribution is -0.142. The van der Waals surface area contributed by atoms with Gasteiger partial charge in [-0.25, -0.2) is 0 Å². The lowest BCUT2D eigenvalue weighted by atomic mass is 10.0. The Morgan fingerprint density at radius 2 is 1.91 bits per heavy atom. The van der Waals surface area contributed by atoms with Gasteiger partial charge in [0.05, 0.1) is 5.92 Å². The van der Waals surface area contributed by atoms with E-state index >= 15 is 0 Å². The topological polar surface area (TPSA) is 79.5 Å². The Morgan fingerprint density at radius 1 is 1.18 bits per heavy atom. The molecule has 1 aromatic heterocycles. The van der Waals surface area contributed by atoms with Crippen molar-refractivity contribution in [3.63, 3.8) is 0 Å². The first-order valence-corrected chi connectivity index (χ1v) is 7.50. The zero-order valence-corrected chi connectivity index (χ0v) is 12.7. The summed E-state index contributed by atoms with van der Waals surface area (Å²) in [5.74, 6) is -1.46. The number of carboxylic acid groups (broad SMARTS) is 1. The number of amides is 1. The fourth-order valence-electron chi connectivity index (χ4n) is 3.08. The summed E-state index contributed by atoms with van der Waals surface area (Å²) in [6, 6.07) is 5.29. The molecule has 0 aliphatic heterocycles. The predicted molar refractivity (Wildman–Crippen MR) is 81.9 cm³/mol. The van der Waals surface area contributed by atoms with E-state index in [9.17, 15) is 9.59 Å². The molecule has 22 heavy (non-hydrogen) atoms. The molecule has 1 aliphatic carbocycles. The molecule has 1 amide bonds. The summed E-state index contributed by atoms with van der Waals surface area (Å²) in [5.41, 5.74) is 2.92. The molecule has 1 saturated carbocycles. The van der Waals surface area contributed by atoms with Crippen LogP contribution in [0, 0.1) is 19.8 Å². The van der Waals surface area contributed by atoms with E-state index < -0.39 is 11.9 Å². The average molecular weight is 301 g/mol. The summed E-state index contributed by atoms with van der Waals surface area (Å²) < 4.78 is 5.61. The molecule has 116 valence electrons. The molecule has 2 atom stereocenters. The van der Waals surface area contributed by atoms with Gasteiger partial charge in [-0.2, -0.15) is 0 Å². The highest BCUT2D eigenvalue weighted by molar-refractivity contribution is 5.96. The Hall–Kier alpha value is -2.30. The molecule has 5 nitrogen and oxygen atoms in total. The third-order valence-electron chi connectivity index (χ3n) is 4.51. The number of carboxylic acids is 1. The predicted octanol–water partition coefficient (Wildman–Crippen LogP) is 3.03. The van der Waals surface area contributed by atoms with E-state index in [0.29, 0.717) is 18.4 Å². The molecule has 0 radical (unpaired) electrons. The van der Waals surface area contributed by atoms with Gasteiger partial charge in [0.1, 0.15) is 5.58 Å². The van der Waals surface area contributed by atoms with Crippen molar-refractivity contribution in [2.24, 2.45) is 5.92 Å². The smallest absolute Gasteiger partial charge is 0.308 e. The summed E-state index contributed by atoms with van der Waals surface area (Å²) in [5, 5.41) is 12.9. The van der Waals surface area contributed by atoms with Crippen molar-refractivity contribution < 1.29 is 19.1 Å². The van der Waals surface area contributed by atoms with E-state index in [1.165, 1.54) is 0 Å². The Kier molecular flexibility index (Phi) is 3.64. The molecule has 3 rings (SSSR count). The van der Waals surface area contributed by atoms with Crippen LogP contribution in [-0.4, -0.2) is 23.0 Å². The van der Waals surface area contributed by atoms with Crippen molar-refractivity contribution in [2.75, 3.05) is 0 Å². The lowest BCUT2D eigenvalue weighted by Gasteiger charge is -2.16. The van der Waals surface area contributed by atoms with Gasteiger partial charge in [0.2, 0.25) is 0 Å². The van der Waals surface area contributed by atoms with Gasteiger partial charge >= 0.3 is 5.97 Å². The number of aliphatic carboxylic acids is 1. The van der Waals surface area contributed by atoms with Crippen LogP contribution in [0.1, 0.15) is 40.9 Å². The maximum Gasteiger partial charge on any atom is 0.308 e. The minimum absolute atomic E-state index is 0.232. The van der Waals surface area contributed by atoms with Crippen molar-refractivity contribution in [2.45, 2.75) is 39.2 Å². The van der Waals surface area contributed by atoms with Crippen LogP contribution in [0.2, 0.25) is 0 Å². The van der Waals surface area contributed by atoms with Crippen LogP contribution in [0.15, 0.2) is 22.6 Å². The Balaban J connectivity index is 1.82. The molecule has 1 heterocycles. The quantitative estimate of drug-likeness (QED) is 0.913. The third kappa shape index (κ3) is 2.58. The van der Waals surface area contributed by atoms with Crippen LogP contribution in [0.3, 0.4) is 0 Å². The number of carbonyl (C=O) groups is 2. The molecule has 0 spiro atoms. The molecule has 5 heteroatoms. The minimum Gasteiger partial charge on any atom is -0.481 e. The van der Waals surface area contributed by atoms with Gasteiger partial charge in [0.25, 0.3) is 5.91 Å². The van der Waals surface area contributed by atoms with E-state index in [-0.39, 0.29) is 17.7 Å². The Labute approximate surface area is 128 Å². The fourth-order valence-corrected chi connectivity index (χ4v) is 3.08. The highest BCUT2D eigenvalue weighted by atomic mass is 16.4. The van der Waals surface area contributed by atoms with Crippen LogP contribution in [0.4, 0.5) is 0 Å². The summed E-state index contributed by atoms with van der Waals surface area (Å²) in [4.78, 5) is 23.5. The zero-order chi connectivity index (χ0) is 15.9. The van der Waals surface area contributed by atoms with Crippen LogP contribution < -0.4 is 5.32 Å². The second-order valence-corrected chi connectivity index (χ2v) is 6.04. The number of aryl methyl sites for hydroxylation is 2. The number of nitrogens with one attached hydrogen (secondary N) is 1. The lowest BCUT2D eigenvalue weighted by Crippen LogP contribution is -2.40. The number of hydrogen-bond donors (Lipinski definition) is 2. The maximum atomic E-state index is 12.3. The zero-order valence-electron chi connectivity index (χ0n) is 12.7. The maximum absolute atomic E-state index is 12.3. The third-order valence-corrected chi connectivity index (χ3v) is 4.51. The number of carbonyl (C=O) groups excluding carboxylic acids is 1. The normalized spacial score (nSPS) is 21.2. The molecule has 0 saturated heterocycles. The van der Waals surface area contributed by atoms with E-state index in [1.807, 2.05) is 26.0 Å². The Morgan fingerprint density at radius 3 is 2.64 bits per heavy atom. The van der Waals surface area contributed by atoms with Gasteiger partial charge in [0, 0.05) is 11.4 Å². The summed E-state index contributed by atoms with van der Waals surface area (Å²) in [7, 11) is 0. The van der Waals surface area contributed by atoms with Crippen molar-refractivity contribution in [1.82, 2.24) is 5.32 Å². The number of rotatable bonds is 3. The first-order chi connectivity index (χ1) is 10.5. The molecule has 2 aromatic rings. The second kappa shape index (κ2) is 5.48. The molecule has 1 fully saturated rings. The van der Waals surface area contributed by atoms with Gasteiger partial charge < -0.3 is 14.8 Å².